The van der Waals surface area contributed by atoms with E-state index in [1.165, 1.54) is 10.9 Å². The average Bonchev–Trinajstić information content (AvgIpc) is 3.35. The number of aryl methyl sites for hydroxylation is 3. The van der Waals surface area contributed by atoms with Crippen LogP contribution in [0.2, 0.25) is 5.02 Å². The van der Waals surface area contributed by atoms with E-state index in [9.17, 15) is 9.59 Å². The Balaban J connectivity index is 0.000000201. The number of fused-ring (bicyclic) bond motifs is 2. The van der Waals surface area contributed by atoms with Gasteiger partial charge in [-0.2, -0.15) is 0 Å². The number of rotatable bonds is 10. The minimum Gasteiger partial charge on any atom is -0.385 e. The summed E-state index contributed by atoms with van der Waals surface area (Å²) in [5.74, 6) is 0.178. The van der Waals surface area contributed by atoms with E-state index in [-0.39, 0.29) is 11.6 Å². The molecule has 36 heavy (non-hydrogen) atoms. The molecule has 2 aromatic heterocycles. The number of ketones is 2. The molecule has 0 saturated heterocycles. The molecule has 4 aromatic rings. The lowest BCUT2D eigenvalue weighted by molar-refractivity contribution is 0.100. The molecule has 6 nitrogen and oxygen atoms in total. The highest BCUT2D eigenvalue weighted by molar-refractivity contribution is 6.35. The van der Waals surface area contributed by atoms with Crippen LogP contribution >= 0.6 is 11.6 Å². The average molecular weight is 511 g/mol. The van der Waals surface area contributed by atoms with Gasteiger partial charge in [-0.25, -0.2) is 0 Å². The quantitative estimate of drug-likeness (QED) is 0.175. The molecule has 0 aliphatic carbocycles. The number of carbonyl (C=O) groups is 2. The van der Waals surface area contributed by atoms with Gasteiger partial charge in [-0.15, -0.1) is 0 Å². The largest absolute Gasteiger partial charge is 0.385 e. The van der Waals surface area contributed by atoms with Crippen molar-refractivity contribution in [3.63, 3.8) is 0 Å². The van der Waals surface area contributed by atoms with Gasteiger partial charge in [0, 0.05) is 80.3 Å². The molecule has 0 radical (unpaired) electrons. The zero-order valence-electron chi connectivity index (χ0n) is 21.8. The molecule has 0 spiro atoms. The SMILES string of the molecule is COCCCn1cc(C)c2ccc(C(C)=O)cc21.COCCCn1cc(Cl)c2ccc(C(C)=O)cc21. The van der Waals surface area contributed by atoms with Crippen molar-refractivity contribution in [1.82, 2.24) is 9.13 Å². The van der Waals surface area contributed by atoms with Gasteiger partial charge in [0.2, 0.25) is 0 Å². The number of Topliss-reactive ketones (excluding diaryl/α,β-unsaturated/α-hetero) is 2. The van der Waals surface area contributed by atoms with Crippen LogP contribution in [-0.2, 0) is 22.6 Å². The fourth-order valence-electron chi connectivity index (χ4n) is 4.29. The van der Waals surface area contributed by atoms with E-state index in [4.69, 9.17) is 21.1 Å². The topological polar surface area (TPSA) is 62.5 Å². The van der Waals surface area contributed by atoms with Gasteiger partial charge >= 0.3 is 0 Å². The van der Waals surface area contributed by atoms with Crippen LogP contribution in [0.25, 0.3) is 21.8 Å². The highest BCUT2D eigenvalue weighted by Crippen LogP contribution is 2.27. The van der Waals surface area contributed by atoms with Crippen molar-refractivity contribution in [3.8, 4) is 0 Å². The zero-order chi connectivity index (χ0) is 26.2. The van der Waals surface area contributed by atoms with Gasteiger partial charge in [0.15, 0.2) is 11.6 Å². The number of ether oxygens (including phenoxy) is 2. The Labute approximate surface area is 217 Å². The summed E-state index contributed by atoms with van der Waals surface area (Å²) in [6, 6.07) is 11.5. The van der Waals surface area contributed by atoms with Gasteiger partial charge in [0.1, 0.15) is 0 Å². The molecule has 0 N–H and O–H groups in total. The summed E-state index contributed by atoms with van der Waals surface area (Å²) in [4.78, 5) is 22.8. The predicted molar refractivity (Wildman–Crippen MR) is 147 cm³/mol. The van der Waals surface area contributed by atoms with Crippen LogP contribution < -0.4 is 0 Å². The van der Waals surface area contributed by atoms with Crippen molar-refractivity contribution in [2.45, 2.75) is 46.7 Å². The Morgan fingerprint density at radius 1 is 0.778 bits per heavy atom. The fraction of sp³-hybridized carbons (Fsp3) is 0.379. The molecule has 192 valence electrons. The van der Waals surface area contributed by atoms with Crippen LogP contribution in [0.1, 0.15) is 53.0 Å². The number of nitrogens with zero attached hydrogens (tertiary/aromatic N) is 2. The van der Waals surface area contributed by atoms with Crippen molar-refractivity contribution in [1.29, 1.82) is 0 Å². The Hall–Kier alpha value is -2.93. The van der Waals surface area contributed by atoms with Crippen molar-refractivity contribution >= 4 is 45.0 Å². The molecule has 2 heterocycles. The molecule has 4 rings (SSSR count). The van der Waals surface area contributed by atoms with Crippen molar-refractivity contribution < 1.29 is 19.1 Å². The van der Waals surface area contributed by atoms with Gasteiger partial charge in [0.05, 0.1) is 10.5 Å². The summed E-state index contributed by atoms with van der Waals surface area (Å²) in [6.45, 7) is 8.49. The third kappa shape index (κ3) is 6.64. The maximum atomic E-state index is 11.4. The lowest BCUT2D eigenvalue weighted by Gasteiger charge is -2.05. The van der Waals surface area contributed by atoms with E-state index in [1.54, 1.807) is 28.1 Å². The van der Waals surface area contributed by atoms with Crippen molar-refractivity contribution in [2.75, 3.05) is 27.4 Å². The summed E-state index contributed by atoms with van der Waals surface area (Å²) in [5, 5.41) is 2.93. The Morgan fingerprint density at radius 3 is 1.75 bits per heavy atom. The van der Waals surface area contributed by atoms with Crippen LogP contribution in [0.5, 0.6) is 0 Å². The lowest BCUT2D eigenvalue weighted by atomic mass is 10.1. The van der Waals surface area contributed by atoms with E-state index in [0.29, 0.717) is 12.2 Å². The molecule has 2 aromatic carbocycles. The normalized spacial score (nSPS) is 11.1. The van der Waals surface area contributed by atoms with E-state index in [2.05, 4.69) is 22.3 Å². The highest BCUT2D eigenvalue weighted by Gasteiger charge is 2.10. The second-order valence-corrected chi connectivity index (χ2v) is 9.35. The van der Waals surface area contributed by atoms with Gasteiger partial charge in [-0.05, 0) is 51.3 Å². The molecule has 0 aliphatic rings. The van der Waals surface area contributed by atoms with Gasteiger partial charge in [0.25, 0.3) is 0 Å². The summed E-state index contributed by atoms with van der Waals surface area (Å²) >= 11 is 6.19. The number of halogens is 1. The van der Waals surface area contributed by atoms with Crippen molar-refractivity contribution in [3.05, 3.63) is 70.5 Å². The molecule has 7 heteroatoms. The van der Waals surface area contributed by atoms with E-state index in [1.807, 2.05) is 42.6 Å². The highest BCUT2D eigenvalue weighted by atomic mass is 35.5. The Kier molecular flexibility index (Phi) is 9.88. The van der Waals surface area contributed by atoms with Crippen LogP contribution in [0, 0.1) is 6.92 Å². The summed E-state index contributed by atoms with van der Waals surface area (Å²) in [6.07, 6.45) is 5.95. The number of aromatic nitrogens is 2. The predicted octanol–water partition coefficient (Wildman–Crippen LogP) is 6.72. The summed E-state index contributed by atoms with van der Waals surface area (Å²) in [5.41, 5.74) is 4.87. The molecular weight excluding hydrogens is 476 g/mol. The number of carbonyl (C=O) groups excluding carboxylic acids is 2. The van der Waals surface area contributed by atoms with E-state index >= 15 is 0 Å². The maximum absolute atomic E-state index is 11.4. The fourth-order valence-corrected chi connectivity index (χ4v) is 4.57. The van der Waals surface area contributed by atoms with Crippen LogP contribution in [0.15, 0.2) is 48.8 Å². The molecule has 0 saturated carbocycles. The second kappa shape index (κ2) is 12.9. The molecule has 0 fully saturated rings. The van der Waals surface area contributed by atoms with Crippen LogP contribution in [0.3, 0.4) is 0 Å². The summed E-state index contributed by atoms with van der Waals surface area (Å²) < 4.78 is 14.4. The Bertz CT molecular complexity index is 1250. The second-order valence-electron chi connectivity index (χ2n) is 8.94. The van der Waals surface area contributed by atoms with E-state index in [0.717, 1.165) is 59.5 Å². The van der Waals surface area contributed by atoms with Crippen LogP contribution in [-0.4, -0.2) is 48.1 Å². The third-order valence-electron chi connectivity index (χ3n) is 6.22. The minimum absolute atomic E-state index is 0.0673. The van der Waals surface area contributed by atoms with Crippen LogP contribution in [0.4, 0.5) is 0 Å². The van der Waals surface area contributed by atoms with E-state index < -0.39 is 0 Å². The monoisotopic (exact) mass is 510 g/mol. The molecule has 0 bridgehead atoms. The smallest absolute Gasteiger partial charge is 0.159 e. The molecule has 0 amide bonds. The first kappa shape index (κ1) is 27.7. The number of benzene rings is 2. The molecular formula is C29H35ClN2O4. The molecule has 0 atom stereocenters. The summed E-state index contributed by atoms with van der Waals surface area (Å²) in [7, 11) is 3.40. The Morgan fingerprint density at radius 2 is 1.25 bits per heavy atom. The lowest BCUT2D eigenvalue weighted by Crippen LogP contribution is -2.00. The van der Waals surface area contributed by atoms with Crippen molar-refractivity contribution in [2.24, 2.45) is 0 Å². The maximum Gasteiger partial charge on any atom is 0.159 e. The first-order valence-electron chi connectivity index (χ1n) is 12.1. The third-order valence-corrected chi connectivity index (χ3v) is 6.52. The van der Waals surface area contributed by atoms with Gasteiger partial charge < -0.3 is 18.6 Å². The molecule has 0 aliphatic heterocycles. The number of methoxy groups -OCH3 is 2. The standard InChI is InChI=1S/C15H19NO2.C14H16ClNO2/c1-11-10-16(7-4-8-18-3)15-9-13(12(2)17)5-6-14(11)15;1-10(17)11-4-5-12-13(15)9-16(14(12)8-11)6-3-7-18-2/h5-6,9-10H,4,7-8H2,1-3H3;4-5,8-9H,3,6-7H2,1-2H3. The van der Waals surface area contributed by atoms with Gasteiger partial charge in [-0.3, -0.25) is 9.59 Å². The van der Waals surface area contributed by atoms with Gasteiger partial charge in [-0.1, -0.05) is 35.9 Å². The first-order valence-corrected chi connectivity index (χ1v) is 12.5. The minimum atomic E-state index is 0.0673. The molecule has 0 unspecified atom stereocenters. The number of hydrogen-bond acceptors (Lipinski definition) is 4. The number of hydrogen-bond donors (Lipinski definition) is 0. The first-order chi connectivity index (χ1) is 17.3. The zero-order valence-corrected chi connectivity index (χ0v) is 22.5.